The number of benzene rings is 1. The van der Waals surface area contributed by atoms with Gasteiger partial charge in [-0.25, -0.2) is 0 Å². The van der Waals surface area contributed by atoms with Crippen LogP contribution in [0, 0.1) is 0 Å². The monoisotopic (exact) mass is 314 g/mol. The van der Waals surface area contributed by atoms with Gasteiger partial charge in [0.05, 0.1) is 11.3 Å². The van der Waals surface area contributed by atoms with Crippen LogP contribution in [0.2, 0.25) is 0 Å². The zero-order valence-corrected chi connectivity index (χ0v) is 11.8. The zero-order valence-electron chi connectivity index (χ0n) is 11.1. The van der Waals surface area contributed by atoms with E-state index in [0.29, 0.717) is 17.7 Å². The molecular weight excluding hydrogens is 301 g/mol. The number of hydrogen-bond acceptors (Lipinski definition) is 1. The average Bonchev–Trinajstić information content (AvgIpc) is 2.84. The Hall–Kier alpha value is -1.88. The van der Waals surface area contributed by atoms with Crippen molar-refractivity contribution in [2.45, 2.75) is 18.1 Å². The van der Waals surface area contributed by atoms with Crippen LogP contribution in [-0.4, -0.2) is 4.57 Å². The molecule has 2 rings (SSSR count). The number of nitrogens with zero attached hydrogens (tertiary/aromatic N) is 1. The minimum atomic E-state index is -4.45. The lowest BCUT2D eigenvalue weighted by atomic mass is 10.1. The van der Waals surface area contributed by atoms with E-state index < -0.39 is 17.2 Å². The number of aromatic nitrogens is 1. The highest BCUT2D eigenvalue weighted by molar-refractivity contribution is 6.19. The predicted octanol–water partition coefficient (Wildman–Crippen LogP) is 5.07. The fourth-order valence-electron chi connectivity index (χ4n) is 2.11. The number of allylic oxidation sites excluding steroid dienone is 1. The molecule has 0 spiro atoms. The van der Waals surface area contributed by atoms with Gasteiger partial charge in [-0.1, -0.05) is 29.8 Å². The Kier molecular flexibility index (Phi) is 4.32. The molecular formula is C15H14ClF3N2. The lowest BCUT2D eigenvalue weighted by Gasteiger charge is -2.17. The van der Waals surface area contributed by atoms with Gasteiger partial charge in [0.25, 0.3) is 0 Å². The first-order valence-corrected chi connectivity index (χ1v) is 6.67. The molecule has 112 valence electrons. The smallest absolute Gasteiger partial charge is 0.399 e. The van der Waals surface area contributed by atoms with E-state index in [1.165, 1.54) is 10.8 Å². The maximum atomic E-state index is 13.2. The Bertz CT molecular complexity index is 629. The molecule has 0 aliphatic heterocycles. The van der Waals surface area contributed by atoms with Crippen LogP contribution in [0.1, 0.15) is 17.5 Å². The van der Waals surface area contributed by atoms with Gasteiger partial charge in [0, 0.05) is 11.9 Å². The Labute approximate surface area is 125 Å². The summed E-state index contributed by atoms with van der Waals surface area (Å²) >= 11 is 6.16. The van der Waals surface area contributed by atoms with E-state index in [9.17, 15) is 13.2 Å². The molecule has 0 saturated heterocycles. The van der Waals surface area contributed by atoms with Crippen molar-refractivity contribution in [1.82, 2.24) is 4.57 Å². The highest BCUT2D eigenvalue weighted by atomic mass is 35.5. The van der Waals surface area contributed by atoms with Crippen LogP contribution in [-0.2, 0) is 6.18 Å². The molecule has 1 atom stereocenters. The van der Waals surface area contributed by atoms with Crippen molar-refractivity contribution in [3.63, 3.8) is 0 Å². The number of nitrogens with two attached hydrogens (primary N) is 1. The molecule has 2 nitrogen and oxygen atoms in total. The van der Waals surface area contributed by atoms with E-state index in [1.807, 2.05) is 0 Å². The van der Waals surface area contributed by atoms with Crippen LogP contribution >= 0.6 is 11.6 Å². The summed E-state index contributed by atoms with van der Waals surface area (Å²) < 4.78 is 40.9. The van der Waals surface area contributed by atoms with Gasteiger partial charge >= 0.3 is 6.18 Å². The van der Waals surface area contributed by atoms with Crippen molar-refractivity contribution in [2.75, 3.05) is 5.73 Å². The second-order valence-corrected chi connectivity index (χ2v) is 5.07. The second-order valence-electron chi connectivity index (χ2n) is 4.56. The third-order valence-corrected chi connectivity index (χ3v) is 3.46. The van der Waals surface area contributed by atoms with Gasteiger partial charge in [0.1, 0.15) is 5.50 Å². The molecule has 0 fully saturated rings. The zero-order chi connectivity index (χ0) is 15.6. The van der Waals surface area contributed by atoms with Crippen LogP contribution in [0.4, 0.5) is 18.9 Å². The second kappa shape index (κ2) is 5.85. The average molecular weight is 315 g/mol. The predicted molar refractivity (Wildman–Crippen MR) is 79.0 cm³/mol. The fourth-order valence-corrected chi connectivity index (χ4v) is 2.39. The molecule has 2 aromatic rings. The number of alkyl halides is 4. The molecule has 21 heavy (non-hydrogen) atoms. The van der Waals surface area contributed by atoms with Crippen LogP contribution < -0.4 is 5.73 Å². The van der Waals surface area contributed by atoms with Gasteiger partial charge in [-0.2, -0.15) is 13.2 Å². The van der Waals surface area contributed by atoms with E-state index in [2.05, 4.69) is 6.58 Å². The van der Waals surface area contributed by atoms with Gasteiger partial charge < -0.3 is 10.3 Å². The summed E-state index contributed by atoms with van der Waals surface area (Å²) in [5, 5.41) is 0. The summed E-state index contributed by atoms with van der Waals surface area (Å²) in [6.07, 6.45) is -1.18. The SMILES string of the molecule is C=CCC(Cl)n1ccc(C(F)(F)F)c1-c1ccc(N)cc1. The molecule has 2 N–H and O–H groups in total. The first kappa shape index (κ1) is 15.5. The first-order chi connectivity index (χ1) is 9.84. The third-order valence-electron chi connectivity index (χ3n) is 3.07. The number of halogens is 4. The largest absolute Gasteiger partial charge is 0.418 e. The van der Waals surface area contributed by atoms with Crippen molar-refractivity contribution in [2.24, 2.45) is 0 Å². The van der Waals surface area contributed by atoms with Crippen LogP contribution in [0.15, 0.2) is 49.2 Å². The molecule has 1 heterocycles. The van der Waals surface area contributed by atoms with Crippen molar-refractivity contribution < 1.29 is 13.2 Å². The standard InChI is InChI=1S/C15H14ClF3N2/c1-2-3-13(16)21-9-8-12(15(17,18)19)14(21)10-4-6-11(20)7-5-10/h2,4-9,13H,1,3,20H2. The van der Waals surface area contributed by atoms with Crippen LogP contribution in [0.25, 0.3) is 11.3 Å². The number of rotatable bonds is 4. The lowest BCUT2D eigenvalue weighted by molar-refractivity contribution is -0.137. The Morgan fingerprint density at radius 2 is 1.86 bits per heavy atom. The van der Waals surface area contributed by atoms with Crippen molar-refractivity contribution in [3.05, 3.63) is 54.7 Å². The van der Waals surface area contributed by atoms with Gasteiger partial charge in [-0.3, -0.25) is 0 Å². The maximum absolute atomic E-state index is 13.2. The molecule has 0 amide bonds. The Morgan fingerprint density at radius 1 is 1.24 bits per heavy atom. The van der Waals surface area contributed by atoms with Gasteiger partial charge in [0.2, 0.25) is 0 Å². The topological polar surface area (TPSA) is 30.9 Å². The molecule has 0 radical (unpaired) electrons. The summed E-state index contributed by atoms with van der Waals surface area (Å²) in [5.74, 6) is 0. The van der Waals surface area contributed by atoms with Crippen LogP contribution in [0.3, 0.4) is 0 Å². The molecule has 6 heteroatoms. The number of hydrogen-bond donors (Lipinski definition) is 1. The summed E-state index contributed by atoms with van der Waals surface area (Å²) in [7, 11) is 0. The first-order valence-electron chi connectivity index (χ1n) is 6.23. The summed E-state index contributed by atoms with van der Waals surface area (Å²) in [4.78, 5) is 0. The number of nitrogen functional groups attached to an aromatic ring is 1. The van der Waals surface area contributed by atoms with Crippen molar-refractivity contribution in [3.8, 4) is 11.3 Å². The van der Waals surface area contributed by atoms with E-state index in [1.54, 1.807) is 30.3 Å². The van der Waals surface area contributed by atoms with E-state index in [4.69, 9.17) is 17.3 Å². The fraction of sp³-hybridized carbons (Fsp3) is 0.200. The lowest BCUT2D eigenvalue weighted by Crippen LogP contribution is -2.09. The third kappa shape index (κ3) is 3.24. The van der Waals surface area contributed by atoms with Gasteiger partial charge in [-0.15, -0.1) is 6.58 Å². The summed E-state index contributed by atoms with van der Waals surface area (Å²) in [6.45, 7) is 3.56. The normalized spacial score (nSPS) is 13.1. The molecule has 1 aromatic carbocycles. The van der Waals surface area contributed by atoms with Crippen LogP contribution in [0.5, 0.6) is 0 Å². The van der Waals surface area contributed by atoms with Crippen molar-refractivity contribution in [1.29, 1.82) is 0 Å². The summed E-state index contributed by atoms with van der Waals surface area (Å²) in [6, 6.07) is 7.25. The van der Waals surface area contributed by atoms with Gasteiger partial charge in [-0.05, 0) is 30.2 Å². The quantitative estimate of drug-likeness (QED) is 0.477. The van der Waals surface area contributed by atoms with Crippen molar-refractivity contribution >= 4 is 17.3 Å². The summed E-state index contributed by atoms with van der Waals surface area (Å²) in [5.41, 5.74) is 5.16. The number of anilines is 1. The van der Waals surface area contributed by atoms with Gasteiger partial charge in [0.15, 0.2) is 0 Å². The molecule has 0 saturated carbocycles. The van der Waals surface area contributed by atoms with E-state index in [-0.39, 0.29) is 5.69 Å². The molecule has 1 aromatic heterocycles. The Morgan fingerprint density at radius 3 is 2.38 bits per heavy atom. The maximum Gasteiger partial charge on any atom is 0.418 e. The van der Waals surface area contributed by atoms with E-state index >= 15 is 0 Å². The molecule has 1 unspecified atom stereocenters. The van der Waals surface area contributed by atoms with E-state index in [0.717, 1.165) is 6.07 Å². The highest BCUT2D eigenvalue weighted by Gasteiger charge is 2.36. The highest BCUT2D eigenvalue weighted by Crippen LogP contribution is 2.40. The molecule has 0 aliphatic rings. The molecule has 0 bridgehead atoms. The minimum Gasteiger partial charge on any atom is -0.399 e. The Balaban J connectivity index is 2.61. The molecule has 0 aliphatic carbocycles. The minimum absolute atomic E-state index is 0.0318.